The molecule has 2 aliphatic carbocycles. The third kappa shape index (κ3) is 2.91. The number of hydrogen-bond donors (Lipinski definition) is 2. The number of benzene rings is 1. The Balaban J connectivity index is 1.57. The first-order valence-electron chi connectivity index (χ1n) is 8.22. The maximum Gasteiger partial charge on any atom is 0.0499 e. The van der Waals surface area contributed by atoms with Crippen molar-refractivity contribution in [2.75, 3.05) is 19.7 Å². The van der Waals surface area contributed by atoms with Crippen LogP contribution in [0.2, 0.25) is 0 Å². The van der Waals surface area contributed by atoms with Gasteiger partial charge in [-0.2, -0.15) is 0 Å². The minimum Gasteiger partial charge on any atom is -0.396 e. The van der Waals surface area contributed by atoms with Gasteiger partial charge in [0.25, 0.3) is 0 Å². The highest BCUT2D eigenvalue weighted by molar-refractivity contribution is 5.32. The van der Waals surface area contributed by atoms with Gasteiger partial charge in [0.05, 0.1) is 0 Å². The van der Waals surface area contributed by atoms with Gasteiger partial charge in [0.1, 0.15) is 0 Å². The van der Waals surface area contributed by atoms with E-state index in [9.17, 15) is 5.11 Å². The lowest BCUT2D eigenvalue weighted by molar-refractivity contribution is 0.128. The number of aliphatic hydroxyl groups excluding tert-OH is 1. The number of nitrogens with one attached hydrogen (secondary N) is 1. The molecule has 1 unspecified atom stereocenters. The fourth-order valence-corrected chi connectivity index (χ4v) is 4.09. The zero-order valence-corrected chi connectivity index (χ0v) is 12.4. The van der Waals surface area contributed by atoms with E-state index < -0.39 is 0 Å². The lowest BCUT2D eigenvalue weighted by Crippen LogP contribution is -2.37. The lowest BCUT2D eigenvalue weighted by Gasteiger charge is -2.30. The first-order chi connectivity index (χ1) is 9.83. The van der Waals surface area contributed by atoms with E-state index in [1.165, 1.54) is 44.9 Å². The van der Waals surface area contributed by atoms with Gasteiger partial charge in [0.15, 0.2) is 0 Å². The molecule has 1 atom stereocenters. The molecular formula is C18H27NO. The van der Waals surface area contributed by atoms with Gasteiger partial charge in [-0.05, 0) is 49.1 Å². The highest BCUT2D eigenvalue weighted by Gasteiger charge is 2.33. The molecule has 110 valence electrons. The molecule has 0 heterocycles. The van der Waals surface area contributed by atoms with Crippen LogP contribution in [0, 0.1) is 5.41 Å². The molecule has 2 N–H and O–H groups in total. The van der Waals surface area contributed by atoms with Crippen LogP contribution in [0.3, 0.4) is 0 Å². The van der Waals surface area contributed by atoms with Gasteiger partial charge in [-0.1, -0.05) is 37.1 Å². The lowest BCUT2D eigenvalue weighted by atomic mass is 9.82. The van der Waals surface area contributed by atoms with Crippen molar-refractivity contribution in [1.82, 2.24) is 5.32 Å². The molecule has 2 nitrogen and oxygen atoms in total. The van der Waals surface area contributed by atoms with E-state index in [-0.39, 0.29) is 5.41 Å². The second kappa shape index (κ2) is 6.28. The molecule has 0 aromatic heterocycles. The van der Waals surface area contributed by atoms with Crippen LogP contribution in [0.1, 0.15) is 55.6 Å². The summed E-state index contributed by atoms with van der Waals surface area (Å²) >= 11 is 0. The molecule has 0 saturated heterocycles. The topological polar surface area (TPSA) is 32.3 Å². The van der Waals surface area contributed by atoms with Gasteiger partial charge >= 0.3 is 0 Å². The van der Waals surface area contributed by atoms with Crippen LogP contribution >= 0.6 is 0 Å². The van der Waals surface area contributed by atoms with E-state index in [0.717, 1.165) is 13.1 Å². The van der Waals surface area contributed by atoms with E-state index in [0.29, 0.717) is 12.5 Å². The summed E-state index contributed by atoms with van der Waals surface area (Å²) in [5.41, 5.74) is 3.27. The Morgan fingerprint density at radius 2 is 1.95 bits per heavy atom. The molecule has 2 heteroatoms. The standard InChI is InChI=1S/C18H27NO/c20-14-18(10-3-4-11-18)13-19-12-16-8-5-7-15-6-1-2-9-17(15)16/h1-2,6,9,16,19-20H,3-5,7-8,10-14H2. The monoisotopic (exact) mass is 273 g/mol. The van der Waals surface area contributed by atoms with E-state index in [1.807, 2.05) is 0 Å². The van der Waals surface area contributed by atoms with Crippen LogP contribution in [0.25, 0.3) is 0 Å². The number of fused-ring (bicyclic) bond motifs is 1. The SMILES string of the molecule is OCC1(CNCC2CCCc3ccccc32)CCCC1. The van der Waals surface area contributed by atoms with Crippen molar-refractivity contribution in [3.63, 3.8) is 0 Å². The first kappa shape index (κ1) is 14.1. The van der Waals surface area contributed by atoms with Gasteiger partial charge in [0.2, 0.25) is 0 Å². The summed E-state index contributed by atoms with van der Waals surface area (Å²) in [4.78, 5) is 0. The van der Waals surface area contributed by atoms with Gasteiger partial charge in [-0.15, -0.1) is 0 Å². The summed E-state index contributed by atoms with van der Waals surface area (Å²) in [6.45, 7) is 2.40. The van der Waals surface area contributed by atoms with Crippen molar-refractivity contribution in [1.29, 1.82) is 0 Å². The van der Waals surface area contributed by atoms with Crippen molar-refractivity contribution in [3.05, 3.63) is 35.4 Å². The largest absolute Gasteiger partial charge is 0.396 e. The van der Waals surface area contributed by atoms with Crippen LogP contribution in [-0.4, -0.2) is 24.8 Å². The average Bonchev–Trinajstić information content (AvgIpc) is 2.97. The zero-order valence-electron chi connectivity index (χ0n) is 12.4. The number of aryl methyl sites for hydroxylation is 1. The fourth-order valence-electron chi connectivity index (χ4n) is 4.09. The Labute approximate surface area is 122 Å². The summed E-state index contributed by atoms with van der Waals surface area (Å²) < 4.78 is 0. The molecule has 1 aromatic rings. The van der Waals surface area contributed by atoms with Crippen molar-refractivity contribution in [2.45, 2.75) is 50.9 Å². The summed E-state index contributed by atoms with van der Waals surface area (Å²) in [5, 5.41) is 13.3. The molecule has 3 rings (SSSR count). The minimum absolute atomic E-state index is 0.175. The predicted molar refractivity (Wildman–Crippen MR) is 83.0 cm³/mol. The van der Waals surface area contributed by atoms with Crippen LogP contribution in [0.4, 0.5) is 0 Å². The normalized spacial score (nSPS) is 24.6. The second-order valence-electron chi connectivity index (χ2n) is 6.78. The molecule has 0 amide bonds. The van der Waals surface area contributed by atoms with Gasteiger partial charge < -0.3 is 10.4 Å². The predicted octanol–water partition coefficient (Wildman–Crippen LogP) is 3.25. The minimum atomic E-state index is 0.175. The molecule has 2 aliphatic rings. The molecule has 1 fully saturated rings. The Morgan fingerprint density at radius 1 is 1.15 bits per heavy atom. The Kier molecular flexibility index (Phi) is 4.42. The van der Waals surface area contributed by atoms with Crippen molar-refractivity contribution >= 4 is 0 Å². The molecule has 0 radical (unpaired) electrons. The molecule has 0 spiro atoms. The second-order valence-corrected chi connectivity index (χ2v) is 6.78. The van der Waals surface area contributed by atoms with E-state index in [4.69, 9.17) is 0 Å². The number of aliphatic hydroxyl groups is 1. The Morgan fingerprint density at radius 3 is 2.75 bits per heavy atom. The first-order valence-corrected chi connectivity index (χ1v) is 8.22. The van der Waals surface area contributed by atoms with E-state index in [2.05, 4.69) is 29.6 Å². The number of hydrogen-bond acceptors (Lipinski definition) is 2. The van der Waals surface area contributed by atoms with Crippen molar-refractivity contribution in [2.24, 2.45) is 5.41 Å². The fraction of sp³-hybridized carbons (Fsp3) is 0.667. The quantitative estimate of drug-likeness (QED) is 0.863. The third-order valence-corrected chi connectivity index (χ3v) is 5.38. The van der Waals surface area contributed by atoms with Crippen molar-refractivity contribution in [3.8, 4) is 0 Å². The van der Waals surface area contributed by atoms with E-state index >= 15 is 0 Å². The van der Waals surface area contributed by atoms with Gasteiger partial charge in [-0.3, -0.25) is 0 Å². The molecule has 20 heavy (non-hydrogen) atoms. The molecule has 1 aromatic carbocycles. The summed E-state index contributed by atoms with van der Waals surface area (Å²) in [5.74, 6) is 0.664. The molecular weight excluding hydrogens is 246 g/mol. The van der Waals surface area contributed by atoms with Crippen LogP contribution in [0.5, 0.6) is 0 Å². The summed E-state index contributed by atoms with van der Waals surface area (Å²) in [7, 11) is 0. The third-order valence-electron chi connectivity index (χ3n) is 5.38. The van der Waals surface area contributed by atoms with Gasteiger partial charge in [-0.25, -0.2) is 0 Å². The summed E-state index contributed by atoms with van der Waals surface area (Å²) in [6, 6.07) is 8.92. The molecule has 1 saturated carbocycles. The Hall–Kier alpha value is -0.860. The maximum atomic E-state index is 9.67. The van der Waals surface area contributed by atoms with E-state index in [1.54, 1.807) is 11.1 Å². The van der Waals surface area contributed by atoms with Crippen LogP contribution in [-0.2, 0) is 6.42 Å². The smallest absolute Gasteiger partial charge is 0.0499 e. The highest BCUT2D eigenvalue weighted by atomic mass is 16.3. The zero-order chi connectivity index (χ0) is 13.8. The molecule has 0 bridgehead atoms. The Bertz CT molecular complexity index is 437. The van der Waals surface area contributed by atoms with Crippen molar-refractivity contribution < 1.29 is 5.11 Å². The average molecular weight is 273 g/mol. The number of rotatable bonds is 5. The maximum absolute atomic E-state index is 9.67. The summed E-state index contributed by atoms with van der Waals surface area (Å²) in [6.07, 6.45) is 8.82. The van der Waals surface area contributed by atoms with Crippen LogP contribution < -0.4 is 5.32 Å². The molecule has 0 aliphatic heterocycles. The van der Waals surface area contributed by atoms with Gasteiger partial charge in [0, 0.05) is 25.1 Å². The highest BCUT2D eigenvalue weighted by Crippen LogP contribution is 2.37. The van der Waals surface area contributed by atoms with Crippen LogP contribution in [0.15, 0.2) is 24.3 Å².